The summed E-state index contributed by atoms with van der Waals surface area (Å²) in [5.74, 6) is 0.0722. The van der Waals surface area contributed by atoms with Crippen molar-refractivity contribution in [2.24, 2.45) is 0 Å². The molecule has 0 bridgehead atoms. The molecule has 1 aliphatic heterocycles. The molecule has 19 heavy (non-hydrogen) atoms. The Morgan fingerprint density at radius 3 is 2.95 bits per heavy atom. The number of nitrogens with two attached hydrogens (primary N) is 1. The molecule has 1 saturated heterocycles. The molecule has 3 heterocycles. The van der Waals surface area contributed by atoms with Crippen LogP contribution in [-0.2, 0) is 4.74 Å². The van der Waals surface area contributed by atoms with Gasteiger partial charge in [0.1, 0.15) is 41.7 Å². The Bertz CT molecular complexity index is 660. The third-order valence-electron chi connectivity index (χ3n) is 2.89. The number of nitrogen functional groups attached to an aromatic ring is 1. The third-order valence-corrected chi connectivity index (χ3v) is 3.36. The van der Waals surface area contributed by atoms with Gasteiger partial charge in [0, 0.05) is 0 Å². The lowest BCUT2D eigenvalue weighted by Gasteiger charge is -2.15. The van der Waals surface area contributed by atoms with Crippen molar-refractivity contribution in [3.8, 4) is 0 Å². The molecule has 2 aromatic heterocycles. The summed E-state index contributed by atoms with van der Waals surface area (Å²) in [6.45, 7) is 0. The summed E-state index contributed by atoms with van der Waals surface area (Å²) in [7, 11) is 0. The summed E-state index contributed by atoms with van der Waals surface area (Å²) in [5.41, 5.74) is 6.41. The maximum atomic E-state index is 12.6. The molecule has 1 aliphatic rings. The number of aliphatic hydroxyl groups is 1. The van der Waals surface area contributed by atoms with Crippen molar-refractivity contribution in [3.05, 3.63) is 24.7 Å². The van der Waals surface area contributed by atoms with Crippen LogP contribution >= 0.6 is 11.6 Å². The fraction of sp³-hybridized carbons (Fsp3) is 0.300. The van der Waals surface area contributed by atoms with Crippen molar-refractivity contribution < 1.29 is 14.2 Å². The average molecular weight is 286 g/mol. The third kappa shape index (κ3) is 1.71. The van der Waals surface area contributed by atoms with Gasteiger partial charge in [-0.3, -0.25) is 4.57 Å². The van der Waals surface area contributed by atoms with Crippen LogP contribution in [0, 0.1) is 0 Å². The number of aliphatic hydroxyl groups excluding tert-OH is 1. The van der Waals surface area contributed by atoms with Crippen LogP contribution in [0.1, 0.15) is 6.23 Å². The van der Waals surface area contributed by atoms with Gasteiger partial charge in [0.25, 0.3) is 0 Å². The average Bonchev–Trinajstić information content (AvgIpc) is 2.94. The van der Waals surface area contributed by atoms with E-state index in [1.807, 2.05) is 0 Å². The largest absolute Gasteiger partial charge is 0.467 e. The van der Waals surface area contributed by atoms with Crippen LogP contribution < -0.4 is 5.73 Å². The maximum Gasteiger partial charge on any atom is 0.206 e. The first-order chi connectivity index (χ1) is 9.13. The van der Waals surface area contributed by atoms with E-state index in [0.29, 0.717) is 11.2 Å². The molecule has 2 aromatic rings. The predicted molar refractivity (Wildman–Crippen MR) is 64.7 cm³/mol. The fourth-order valence-corrected chi connectivity index (χ4v) is 2.17. The molecular formula is C10H9ClFN5O2. The highest BCUT2D eigenvalue weighted by atomic mass is 35.5. The summed E-state index contributed by atoms with van der Waals surface area (Å²) in [4.78, 5) is 11.9. The van der Waals surface area contributed by atoms with E-state index in [1.54, 1.807) is 0 Å². The second-order valence-electron chi connectivity index (χ2n) is 4.00. The van der Waals surface area contributed by atoms with Gasteiger partial charge in [0.05, 0.1) is 0 Å². The first-order valence-corrected chi connectivity index (χ1v) is 5.79. The first-order valence-electron chi connectivity index (χ1n) is 5.35. The van der Waals surface area contributed by atoms with E-state index in [2.05, 4.69) is 15.0 Å². The van der Waals surface area contributed by atoms with Crippen LogP contribution in [0.25, 0.3) is 11.2 Å². The lowest BCUT2D eigenvalue weighted by molar-refractivity contribution is 0.0108. The zero-order valence-electron chi connectivity index (χ0n) is 9.44. The summed E-state index contributed by atoms with van der Waals surface area (Å²) in [6, 6.07) is 0. The van der Waals surface area contributed by atoms with Crippen molar-refractivity contribution >= 4 is 28.6 Å². The molecule has 0 amide bonds. The summed E-state index contributed by atoms with van der Waals surface area (Å²) in [6.07, 6.45) is 0.833. The molecule has 0 saturated carbocycles. The molecule has 0 radical (unpaired) electrons. The SMILES string of the molecule is Nc1ncnc2c1ncn2[C@@H]1O/C(=C\F)[C@@H](Cl)[C@H]1O. The lowest BCUT2D eigenvalue weighted by Crippen LogP contribution is -2.24. The van der Waals surface area contributed by atoms with Crippen LogP contribution in [-0.4, -0.2) is 36.1 Å². The van der Waals surface area contributed by atoms with E-state index in [1.165, 1.54) is 17.2 Å². The number of halogens is 2. The van der Waals surface area contributed by atoms with Crippen molar-refractivity contribution in [3.63, 3.8) is 0 Å². The number of rotatable bonds is 1. The Hall–Kier alpha value is -1.93. The molecule has 0 unspecified atom stereocenters. The number of hydrogen-bond donors (Lipinski definition) is 2. The normalized spacial score (nSPS) is 29.0. The summed E-state index contributed by atoms with van der Waals surface area (Å²) in [5, 5.41) is 9.01. The number of hydrogen-bond acceptors (Lipinski definition) is 6. The topological polar surface area (TPSA) is 99.1 Å². The van der Waals surface area contributed by atoms with Gasteiger partial charge < -0.3 is 15.6 Å². The van der Waals surface area contributed by atoms with Crippen LogP contribution in [0.5, 0.6) is 0 Å². The smallest absolute Gasteiger partial charge is 0.206 e. The number of imidazole rings is 1. The van der Waals surface area contributed by atoms with Crippen LogP contribution in [0.2, 0.25) is 0 Å². The Morgan fingerprint density at radius 1 is 1.47 bits per heavy atom. The molecule has 0 spiro atoms. The van der Waals surface area contributed by atoms with Gasteiger partial charge in [0.15, 0.2) is 11.5 Å². The van der Waals surface area contributed by atoms with Crippen molar-refractivity contribution in [2.75, 3.05) is 5.73 Å². The summed E-state index contributed by atoms with van der Waals surface area (Å²) < 4.78 is 19.2. The quantitative estimate of drug-likeness (QED) is 0.749. The molecule has 100 valence electrons. The maximum absolute atomic E-state index is 12.6. The molecule has 0 aromatic carbocycles. The van der Waals surface area contributed by atoms with Crippen LogP contribution in [0.4, 0.5) is 10.2 Å². The highest BCUT2D eigenvalue weighted by Crippen LogP contribution is 2.36. The Morgan fingerprint density at radius 2 is 2.26 bits per heavy atom. The van der Waals surface area contributed by atoms with Gasteiger partial charge in [-0.25, -0.2) is 19.3 Å². The minimum atomic E-state index is -1.13. The number of nitrogens with zero attached hydrogens (tertiary/aromatic N) is 4. The highest BCUT2D eigenvalue weighted by Gasteiger charge is 2.41. The van der Waals surface area contributed by atoms with E-state index in [0.717, 1.165) is 0 Å². The zero-order chi connectivity index (χ0) is 13.6. The number of aromatic nitrogens is 4. The zero-order valence-corrected chi connectivity index (χ0v) is 10.2. The summed E-state index contributed by atoms with van der Waals surface area (Å²) >= 11 is 5.85. The second-order valence-corrected chi connectivity index (χ2v) is 4.47. The highest BCUT2D eigenvalue weighted by molar-refractivity contribution is 6.22. The van der Waals surface area contributed by atoms with Crippen LogP contribution in [0.3, 0.4) is 0 Å². The number of anilines is 1. The fourth-order valence-electron chi connectivity index (χ4n) is 1.95. The van der Waals surface area contributed by atoms with Gasteiger partial charge >= 0.3 is 0 Å². The van der Waals surface area contributed by atoms with Gasteiger partial charge in [-0.05, 0) is 0 Å². The monoisotopic (exact) mass is 285 g/mol. The van der Waals surface area contributed by atoms with Gasteiger partial charge in [-0.2, -0.15) is 0 Å². The standard InChI is InChI=1S/C10H9ClFN5O2/c11-5-4(1-12)19-10(7(5)18)17-3-16-6-8(13)14-2-15-9(6)17/h1-3,5,7,10,18H,(H2,13,14,15)/b4-1-/t5-,7-,10-/m1/s1. The van der Waals surface area contributed by atoms with E-state index >= 15 is 0 Å². The van der Waals surface area contributed by atoms with E-state index in [-0.39, 0.29) is 17.9 Å². The second kappa shape index (κ2) is 4.32. The molecule has 0 aliphatic carbocycles. The van der Waals surface area contributed by atoms with E-state index in [4.69, 9.17) is 22.1 Å². The van der Waals surface area contributed by atoms with Crippen molar-refractivity contribution in [1.82, 2.24) is 19.5 Å². The predicted octanol–water partition coefficient (Wildman–Crippen LogP) is 0.716. The van der Waals surface area contributed by atoms with Crippen molar-refractivity contribution in [1.29, 1.82) is 0 Å². The van der Waals surface area contributed by atoms with Crippen molar-refractivity contribution in [2.45, 2.75) is 17.7 Å². The minimum Gasteiger partial charge on any atom is -0.467 e. The first kappa shape index (κ1) is 12.1. The number of alkyl halides is 1. The minimum absolute atomic E-state index is 0.136. The van der Waals surface area contributed by atoms with Gasteiger partial charge in [0.2, 0.25) is 6.23 Å². The van der Waals surface area contributed by atoms with Crippen LogP contribution in [0.15, 0.2) is 24.7 Å². The molecule has 9 heteroatoms. The lowest BCUT2D eigenvalue weighted by atomic mass is 10.2. The number of ether oxygens (including phenoxy) is 1. The Balaban J connectivity index is 2.09. The molecule has 3 rings (SSSR count). The molecule has 3 atom stereocenters. The van der Waals surface area contributed by atoms with E-state index in [9.17, 15) is 9.50 Å². The molecular weight excluding hydrogens is 277 g/mol. The Labute approximate surface area is 111 Å². The van der Waals surface area contributed by atoms with Gasteiger partial charge in [-0.15, -0.1) is 11.6 Å². The molecule has 7 nitrogen and oxygen atoms in total. The Kier molecular flexibility index (Phi) is 2.76. The molecule has 3 N–H and O–H groups in total. The van der Waals surface area contributed by atoms with E-state index < -0.39 is 17.7 Å². The van der Waals surface area contributed by atoms with Gasteiger partial charge in [-0.1, -0.05) is 0 Å². The molecule has 1 fully saturated rings. The number of fused-ring (bicyclic) bond motifs is 1.